The second-order valence-corrected chi connectivity index (χ2v) is 9.90. The molecule has 4 aromatic rings. The highest BCUT2D eigenvalue weighted by atomic mass is 19.1. The van der Waals surface area contributed by atoms with Crippen molar-refractivity contribution in [1.29, 1.82) is 0 Å². The Kier molecular flexibility index (Phi) is 8.19. The molecule has 0 fully saturated rings. The summed E-state index contributed by atoms with van der Waals surface area (Å²) in [5.74, 6) is -1.82. The van der Waals surface area contributed by atoms with Crippen molar-refractivity contribution in [3.63, 3.8) is 0 Å². The fraction of sp³-hybridized carbons (Fsp3) is 0.200. The first-order valence-corrected chi connectivity index (χ1v) is 12.4. The van der Waals surface area contributed by atoms with E-state index in [9.17, 15) is 14.4 Å². The SMILES string of the molecule is CC(C)(C)OC(=O)N[C@H](C(=O)Nc1ccc(-c2cc(=O)[nH]cn2)c(F)c1)C(c1ccccc1)c1ccccc1. The zero-order valence-corrected chi connectivity index (χ0v) is 21.8. The van der Waals surface area contributed by atoms with Gasteiger partial charge < -0.3 is 20.4 Å². The van der Waals surface area contributed by atoms with Crippen LogP contribution >= 0.6 is 0 Å². The van der Waals surface area contributed by atoms with E-state index in [1.165, 1.54) is 24.5 Å². The molecule has 9 heteroatoms. The van der Waals surface area contributed by atoms with Crippen molar-refractivity contribution in [3.8, 4) is 11.3 Å². The van der Waals surface area contributed by atoms with Crippen LogP contribution in [0.4, 0.5) is 14.9 Å². The summed E-state index contributed by atoms with van der Waals surface area (Å²) in [5, 5.41) is 5.46. The van der Waals surface area contributed by atoms with Crippen LogP contribution in [-0.4, -0.2) is 33.6 Å². The Hall–Kier alpha value is -4.79. The number of hydrogen-bond acceptors (Lipinski definition) is 5. The van der Waals surface area contributed by atoms with Crippen molar-refractivity contribution < 1.29 is 18.7 Å². The number of aromatic amines is 1. The third-order valence-electron chi connectivity index (χ3n) is 5.80. The Labute approximate surface area is 225 Å². The maximum atomic E-state index is 15.0. The van der Waals surface area contributed by atoms with Gasteiger partial charge in [0.1, 0.15) is 17.5 Å². The molecule has 200 valence electrons. The minimum Gasteiger partial charge on any atom is -0.444 e. The topological polar surface area (TPSA) is 113 Å². The van der Waals surface area contributed by atoms with Crippen molar-refractivity contribution in [1.82, 2.24) is 15.3 Å². The van der Waals surface area contributed by atoms with Gasteiger partial charge >= 0.3 is 6.09 Å². The van der Waals surface area contributed by atoms with Crippen LogP contribution in [0, 0.1) is 5.82 Å². The molecule has 0 aliphatic rings. The van der Waals surface area contributed by atoms with Crippen molar-refractivity contribution in [3.05, 3.63) is 119 Å². The molecule has 0 bridgehead atoms. The number of carbonyl (C=O) groups is 2. The molecule has 1 heterocycles. The van der Waals surface area contributed by atoms with Gasteiger partial charge in [-0.05, 0) is 50.1 Å². The van der Waals surface area contributed by atoms with E-state index >= 15 is 4.39 Å². The molecule has 0 unspecified atom stereocenters. The van der Waals surface area contributed by atoms with Crippen molar-refractivity contribution in [2.45, 2.75) is 38.3 Å². The number of nitrogens with one attached hydrogen (secondary N) is 3. The first kappa shape index (κ1) is 27.3. The number of aromatic nitrogens is 2. The average Bonchev–Trinajstić information content (AvgIpc) is 2.88. The molecule has 8 nitrogen and oxygen atoms in total. The van der Waals surface area contributed by atoms with Crippen LogP contribution in [0.1, 0.15) is 37.8 Å². The fourth-order valence-electron chi connectivity index (χ4n) is 4.17. The van der Waals surface area contributed by atoms with Crippen LogP contribution in [0.15, 0.2) is 96.1 Å². The molecule has 2 amide bonds. The predicted molar refractivity (Wildman–Crippen MR) is 147 cm³/mol. The summed E-state index contributed by atoms with van der Waals surface area (Å²) in [4.78, 5) is 44.6. The summed E-state index contributed by atoms with van der Waals surface area (Å²) in [6.45, 7) is 5.19. The van der Waals surface area contributed by atoms with E-state index < -0.39 is 40.9 Å². The lowest BCUT2D eigenvalue weighted by Gasteiger charge is -2.29. The molecule has 0 radical (unpaired) electrons. The largest absolute Gasteiger partial charge is 0.444 e. The van der Waals surface area contributed by atoms with Gasteiger partial charge in [-0.15, -0.1) is 0 Å². The van der Waals surface area contributed by atoms with Gasteiger partial charge in [-0.3, -0.25) is 9.59 Å². The van der Waals surface area contributed by atoms with Gasteiger partial charge in [-0.25, -0.2) is 14.2 Å². The van der Waals surface area contributed by atoms with E-state index in [2.05, 4.69) is 20.6 Å². The molecule has 1 atom stereocenters. The molecule has 0 saturated carbocycles. The average molecular weight is 529 g/mol. The second kappa shape index (κ2) is 11.7. The normalized spacial score (nSPS) is 12.0. The number of halogens is 1. The molecule has 4 rings (SSSR count). The molecule has 3 N–H and O–H groups in total. The molecular formula is C30H29FN4O4. The molecule has 39 heavy (non-hydrogen) atoms. The quantitative estimate of drug-likeness (QED) is 0.304. The maximum Gasteiger partial charge on any atom is 0.408 e. The van der Waals surface area contributed by atoms with Gasteiger partial charge in [-0.2, -0.15) is 0 Å². The Morgan fingerprint density at radius 1 is 0.923 bits per heavy atom. The van der Waals surface area contributed by atoms with Gasteiger partial charge in [0.15, 0.2) is 0 Å². The summed E-state index contributed by atoms with van der Waals surface area (Å²) < 4.78 is 20.5. The number of ether oxygens (including phenoxy) is 1. The van der Waals surface area contributed by atoms with Gasteiger partial charge in [0.25, 0.3) is 5.56 Å². The molecule has 0 aliphatic carbocycles. The summed E-state index contributed by atoms with van der Waals surface area (Å²) in [6, 6.07) is 22.8. The van der Waals surface area contributed by atoms with E-state index in [0.717, 1.165) is 17.2 Å². The lowest BCUT2D eigenvalue weighted by Crippen LogP contribution is -2.49. The summed E-state index contributed by atoms with van der Waals surface area (Å²) in [7, 11) is 0. The van der Waals surface area contributed by atoms with E-state index in [-0.39, 0.29) is 16.9 Å². The van der Waals surface area contributed by atoms with E-state index in [1.54, 1.807) is 20.8 Å². The van der Waals surface area contributed by atoms with Crippen molar-refractivity contribution in [2.75, 3.05) is 5.32 Å². The van der Waals surface area contributed by atoms with Crippen LogP contribution in [-0.2, 0) is 9.53 Å². The van der Waals surface area contributed by atoms with Gasteiger partial charge in [0, 0.05) is 23.2 Å². The van der Waals surface area contributed by atoms with Crippen LogP contribution in [0.2, 0.25) is 0 Å². The van der Waals surface area contributed by atoms with Crippen LogP contribution in [0.25, 0.3) is 11.3 Å². The highest BCUT2D eigenvalue weighted by Gasteiger charge is 2.34. The maximum absolute atomic E-state index is 15.0. The van der Waals surface area contributed by atoms with E-state index in [4.69, 9.17) is 4.74 Å². The Bertz CT molecular complexity index is 1460. The summed E-state index contributed by atoms with van der Waals surface area (Å²) in [6.07, 6.45) is 0.425. The molecule has 0 spiro atoms. The van der Waals surface area contributed by atoms with Gasteiger partial charge in [0.2, 0.25) is 5.91 Å². The number of anilines is 1. The fourth-order valence-corrected chi connectivity index (χ4v) is 4.17. The van der Waals surface area contributed by atoms with E-state index in [0.29, 0.717) is 0 Å². The summed E-state index contributed by atoms with van der Waals surface area (Å²) >= 11 is 0. The standard InChI is InChI=1S/C30H29FN4O4/c1-30(2,3)39-29(38)35-27(26(19-10-6-4-7-11-19)20-12-8-5-9-13-20)28(37)34-21-14-15-22(23(31)16-21)24-17-25(36)33-18-32-24/h4-18,26-27H,1-3H3,(H,34,37)(H,35,38)(H,32,33,36)/t27-/m0/s1. The molecule has 0 saturated heterocycles. The van der Waals surface area contributed by atoms with Crippen molar-refractivity contribution in [2.24, 2.45) is 0 Å². The second-order valence-electron chi connectivity index (χ2n) is 9.90. The zero-order valence-electron chi connectivity index (χ0n) is 21.8. The monoisotopic (exact) mass is 528 g/mol. The highest BCUT2D eigenvalue weighted by Crippen LogP contribution is 2.30. The zero-order chi connectivity index (χ0) is 28.0. The lowest BCUT2D eigenvalue weighted by molar-refractivity contribution is -0.118. The first-order chi connectivity index (χ1) is 18.6. The third kappa shape index (κ3) is 7.16. The number of rotatable bonds is 7. The lowest BCUT2D eigenvalue weighted by atomic mass is 9.84. The van der Waals surface area contributed by atoms with Crippen LogP contribution in [0.5, 0.6) is 0 Å². The molecule has 3 aromatic carbocycles. The summed E-state index contributed by atoms with van der Waals surface area (Å²) in [5.41, 5.74) is 0.818. The smallest absolute Gasteiger partial charge is 0.408 e. The number of nitrogens with zero attached hydrogens (tertiary/aromatic N) is 1. The Morgan fingerprint density at radius 3 is 2.08 bits per heavy atom. The molecule has 0 aliphatic heterocycles. The Balaban J connectivity index is 1.69. The van der Waals surface area contributed by atoms with E-state index in [1.807, 2.05) is 60.7 Å². The van der Waals surface area contributed by atoms with Gasteiger partial charge in [-0.1, -0.05) is 60.7 Å². The first-order valence-electron chi connectivity index (χ1n) is 12.4. The number of alkyl carbamates (subject to hydrolysis) is 1. The minimum atomic E-state index is -1.11. The minimum absolute atomic E-state index is 0.106. The number of carbonyl (C=O) groups excluding carboxylic acids is 2. The third-order valence-corrected chi connectivity index (χ3v) is 5.80. The molecular weight excluding hydrogens is 499 g/mol. The molecule has 1 aromatic heterocycles. The highest BCUT2D eigenvalue weighted by molar-refractivity contribution is 5.98. The number of benzene rings is 3. The predicted octanol–water partition coefficient (Wildman–Crippen LogP) is 5.24. The Morgan fingerprint density at radius 2 is 1.54 bits per heavy atom. The van der Waals surface area contributed by atoms with Crippen molar-refractivity contribution >= 4 is 17.7 Å². The number of hydrogen-bond donors (Lipinski definition) is 3. The van der Waals surface area contributed by atoms with Crippen LogP contribution < -0.4 is 16.2 Å². The number of amides is 2. The number of H-pyrrole nitrogens is 1. The van der Waals surface area contributed by atoms with Crippen LogP contribution in [0.3, 0.4) is 0 Å². The van der Waals surface area contributed by atoms with Gasteiger partial charge in [0.05, 0.1) is 12.0 Å².